The average molecular weight is 409 g/mol. The molecule has 0 atom stereocenters. The van der Waals surface area contributed by atoms with E-state index in [-0.39, 0.29) is 29.8 Å². The predicted molar refractivity (Wildman–Crippen MR) is 106 cm³/mol. The maximum Gasteiger partial charge on any atom is 0.255 e. The van der Waals surface area contributed by atoms with Crippen molar-refractivity contribution >= 4 is 35.0 Å². The number of hydrogen-bond acceptors (Lipinski definition) is 3. The summed E-state index contributed by atoms with van der Waals surface area (Å²) < 4.78 is 1.69. The van der Waals surface area contributed by atoms with Crippen molar-refractivity contribution in [1.29, 1.82) is 0 Å². The molecular weight excluding hydrogens is 387 g/mol. The summed E-state index contributed by atoms with van der Waals surface area (Å²) in [6.45, 7) is 5.57. The zero-order chi connectivity index (χ0) is 19.8. The molecule has 2 amide bonds. The van der Waals surface area contributed by atoms with Crippen LogP contribution in [0.1, 0.15) is 55.6 Å². The lowest BCUT2D eigenvalue weighted by Crippen LogP contribution is -2.45. The Morgan fingerprint density at radius 1 is 1.26 bits per heavy atom. The molecule has 27 heavy (non-hydrogen) atoms. The summed E-state index contributed by atoms with van der Waals surface area (Å²) in [5.74, 6) is -0.308. The summed E-state index contributed by atoms with van der Waals surface area (Å²) in [5, 5.41) is 10.9. The van der Waals surface area contributed by atoms with E-state index >= 15 is 0 Å². The van der Waals surface area contributed by atoms with Crippen LogP contribution in [-0.2, 0) is 4.79 Å². The number of benzene rings is 1. The van der Waals surface area contributed by atoms with E-state index in [2.05, 4.69) is 15.7 Å². The fraction of sp³-hybridized carbons (Fsp3) is 0.421. The first-order chi connectivity index (χ1) is 12.7. The van der Waals surface area contributed by atoms with E-state index in [1.54, 1.807) is 22.9 Å². The van der Waals surface area contributed by atoms with Gasteiger partial charge in [-0.2, -0.15) is 5.10 Å². The molecule has 0 bridgehead atoms. The Labute approximate surface area is 168 Å². The van der Waals surface area contributed by atoms with Gasteiger partial charge in [-0.25, -0.2) is 4.68 Å². The maximum atomic E-state index is 12.7. The number of carbonyl (C=O) groups excluding carboxylic acids is 2. The summed E-state index contributed by atoms with van der Waals surface area (Å²) in [5.41, 5.74) is 1.60. The summed E-state index contributed by atoms with van der Waals surface area (Å²) in [6, 6.07) is 5.16. The molecule has 3 rings (SSSR count). The molecule has 1 aromatic carbocycles. The van der Waals surface area contributed by atoms with Crippen molar-refractivity contribution in [3.63, 3.8) is 0 Å². The molecule has 1 saturated carbocycles. The molecule has 0 unspecified atom stereocenters. The van der Waals surface area contributed by atoms with Crippen LogP contribution < -0.4 is 10.6 Å². The predicted octanol–water partition coefficient (Wildman–Crippen LogP) is 3.70. The third-order valence-corrected chi connectivity index (χ3v) is 4.61. The van der Waals surface area contributed by atoms with Crippen LogP contribution in [0.3, 0.4) is 0 Å². The van der Waals surface area contributed by atoms with Gasteiger partial charge in [-0.3, -0.25) is 9.59 Å². The second-order valence-electron chi connectivity index (χ2n) is 7.71. The molecule has 1 aliphatic carbocycles. The zero-order valence-corrected chi connectivity index (χ0v) is 17.0. The third-order valence-electron chi connectivity index (χ3n) is 4.08. The van der Waals surface area contributed by atoms with Gasteiger partial charge in [0.2, 0.25) is 5.91 Å². The lowest BCUT2D eigenvalue weighted by molar-refractivity contribution is -0.121. The van der Waals surface area contributed by atoms with Crippen molar-refractivity contribution in [2.75, 3.05) is 6.54 Å². The minimum atomic E-state index is -0.350. The van der Waals surface area contributed by atoms with E-state index in [0.717, 1.165) is 18.5 Å². The lowest BCUT2D eigenvalue weighted by atomic mass is 10.1. The number of nitrogens with one attached hydrogen (secondary N) is 2. The van der Waals surface area contributed by atoms with Gasteiger partial charge in [0.15, 0.2) is 0 Å². The normalized spacial score (nSPS) is 14.1. The molecule has 1 heterocycles. The largest absolute Gasteiger partial charge is 0.350 e. The van der Waals surface area contributed by atoms with Crippen molar-refractivity contribution in [3.8, 4) is 5.69 Å². The number of amides is 2. The smallest absolute Gasteiger partial charge is 0.255 e. The monoisotopic (exact) mass is 408 g/mol. The van der Waals surface area contributed by atoms with Crippen molar-refractivity contribution in [1.82, 2.24) is 20.4 Å². The molecule has 1 aliphatic rings. The van der Waals surface area contributed by atoms with Gasteiger partial charge >= 0.3 is 0 Å². The number of halogens is 2. The van der Waals surface area contributed by atoms with Crippen LogP contribution >= 0.6 is 23.2 Å². The molecule has 6 nitrogen and oxygen atoms in total. The van der Waals surface area contributed by atoms with Crippen LogP contribution in [0, 0.1) is 0 Å². The topological polar surface area (TPSA) is 76.0 Å². The van der Waals surface area contributed by atoms with Gasteiger partial charge in [0.1, 0.15) is 0 Å². The van der Waals surface area contributed by atoms with Gasteiger partial charge in [-0.1, -0.05) is 23.2 Å². The van der Waals surface area contributed by atoms with Gasteiger partial charge in [0.25, 0.3) is 5.91 Å². The molecule has 8 heteroatoms. The molecule has 2 N–H and O–H groups in total. The fourth-order valence-corrected chi connectivity index (χ4v) is 3.33. The molecule has 144 valence electrons. The summed E-state index contributed by atoms with van der Waals surface area (Å²) in [4.78, 5) is 24.6. The van der Waals surface area contributed by atoms with E-state index in [1.165, 1.54) is 6.20 Å². The minimum absolute atomic E-state index is 0.0902. The van der Waals surface area contributed by atoms with Crippen molar-refractivity contribution < 1.29 is 9.59 Å². The van der Waals surface area contributed by atoms with Gasteiger partial charge in [-0.15, -0.1) is 0 Å². The first kappa shape index (κ1) is 19.7. The molecule has 0 aliphatic heterocycles. The van der Waals surface area contributed by atoms with E-state index < -0.39 is 0 Å². The van der Waals surface area contributed by atoms with Gasteiger partial charge in [0.05, 0.1) is 34.7 Å². The molecule has 0 saturated heterocycles. The van der Waals surface area contributed by atoms with Gasteiger partial charge < -0.3 is 10.6 Å². The standard InChI is InChI=1S/C19H22Cl2N4O2/c1-19(2,3)24-16(26)10-22-18(27)13-9-23-25(17(13)11-4-5-11)15-7-6-12(20)8-14(15)21/h6-9,11H,4-5,10H2,1-3H3,(H,22,27)(H,24,26). The summed E-state index contributed by atoms with van der Waals surface area (Å²) >= 11 is 12.3. The minimum Gasteiger partial charge on any atom is -0.350 e. The SMILES string of the molecule is CC(C)(C)NC(=O)CNC(=O)c1cnn(-c2ccc(Cl)cc2Cl)c1C1CC1. The van der Waals surface area contributed by atoms with Crippen molar-refractivity contribution in [2.24, 2.45) is 0 Å². The van der Waals surface area contributed by atoms with Crippen molar-refractivity contribution in [2.45, 2.75) is 45.1 Å². The van der Waals surface area contributed by atoms with Crippen molar-refractivity contribution in [3.05, 3.63) is 45.7 Å². The lowest BCUT2D eigenvalue weighted by Gasteiger charge is -2.20. The first-order valence-electron chi connectivity index (χ1n) is 8.78. The highest BCUT2D eigenvalue weighted by molar-refractivity contribution is 6.35. The Morgan fingerprint density at radius 2 is 1.96 bits per heavy atom. The van der Waals surface area contributed by atoms with Crippen LogP contribution in [0.2, 0.25) is 10.0 Å². The van der Waals surface area contributed by atoms with Crippen LogP contribution in [0.5, 0.6) is 0 Å². The Balaban J connectivity index is 1.81. The second kappa shape index (κ2) is 7.52. The molecule has 2 aromatic rings. The maximum absolute atomic E-state index is 12.7. The Kier molecular flexibility index (Phi) is 5.49. The Bertz CT molecular complexity index is 882. The number of aromatic nitrogens is 2. The van der Waals surface area contributed by atoms with E-state index in [0.29, 0.717) is 21.3 Å². The zero-order valence-electron chi connectivity index (χ0n) is 15.5. The highest BCUT2D eigenvalue weighted by atomic mass is 35.5. The summed E-state index contributed by atoms with van der Waals surface area (Å²) in [6.07, 6.45) is 3.50. The van der Waals surface area contributed by atoms with Crippen LogP contribution in [-0.4, -0.2) is 33.7 Å². The number of rotatable bonds is 5. The van der Waals surface area contributed by atoms with Crippen LogP contribution in [0.15, 0.2) is 24.4 Å². The average Bonchev–Trinajstić information content (AvgIpc) is 3.30. The molecule has 0 radical (unpaired) electrons. The quantitative estimate of drug-likeness (QED) is 0.791. The summed E-state index contributed by atoms with van der Waals surface area (Å²) in [7, 11) is 0. The van der Waals surface area contributed by atoms with E-state index in [9.17, 15) is 9.59 Å². The highest BCUT2D eigenvalue weighted by Crippen LogP contribution is 2.43. The highest BCUT2D eigenvalue weighted by Gasteiger charge is 2.33. The fourth-order valence-electron chi connectivity index (χ4n) is 2.85. The molecular formula is C19H22Cl2N4O2. The molecule has 0 spiro atoms. The Hall–Kier alpha value is -2.05. The number of nitrogens with zero attached hydrogens (tertiary/aromatic N) is 2. The van der Waals surface area contributed by atoms with Gasteiger partial charge in [-0.05, 0) is 51.8 Å². The van der Waals surface area contributed by atoms with Crippen LogP contribution in [0.25, 0.3) is 5.69 Å². The molecule has 1 fully saturated rings. The van der Waals surface area contributed by atoms with Crippen LogP contribution in [0.4, 0.5) is 0 Å². The Morgan fingerprint density at radius 3 is 2.56 bits per heavy atom. The third kappa shape index (κ3) is 4.82. The van der Waals surface area contributed by atoms with E-state index in [4.69, 9.17) is 23.2 Å². The number of hydrogen-bond donors (Lipinski definition) is 2. The first-order valence-corrected chi connectivity index (χ1v) is 9.54. The molecule has 1 aromatic heterocycles. The second-order valence-corrected chi connectivity index (χ2v) is 8.55. The number of carbonyl (C=O) groups is 2. The van der Waals surface area contributed by atoms with E-state index in [1.807, 2.05) is 20.8 Å². The van der Waals surface area contributed by atoms with Gasteiger partial charge in [0, 0.05) is 16.5 Å².